The van der Waals surface area contributed by atoms with Crippen LogP contribution in [0.4, 0.5) is 0 Å². The number of carboxylic acids is 1. The molecular weight excluding hydrogens is 697 g/mol. The molecular formula is C45H66N2O8. The molecule has 0 radical (unpaired) electrons. The van der Waals surface area contributed by atoms with Crippen molar-refractivity contribution in [3.05, 3.63) is 47.5 Å². The number of aliphatic carboxylic acids is 1. The van der Waals surface area contributed by atoms with Gasteiger partial charge in [0.2, 0.25) is 0 Å². The summed E-state index contributed by atoms with van der Waals surface area (Å²) in [6.45, 7) is 18.3. The molecule has 1 saturated heterocycles. The summed E-state index contributed by atoms with van der Waals surface area (Å²) in [5, 5.41) is 13.9. The molecule has 12 atom stereocenters. The standard InChI is InChI=1S/C45H66N2O8/c1-27(2)28(3)41(5)21-22-43(7)31-17-18-35-42(6)25-53-26-45(35,32(31)19-20-44(43,8)36(41)39(50)51)24-34(54-29(4)48)37(42)55-40(52)33(46)16-12-13-23-47-38(49)30-14-10-9-11-15-30/h9-11,14-15,19,27-28,31,33-37H,12-13,16-18,20-26,46H2,1-8H3,(H,47,49)(H,50,51)/t28-,31+,33?,34-,35+,36-,37+,41-,42-,43-,44+,45-/m1/s1. The number of hydrogen-bond donors (Lipinski definition) is 3. The Morgan fingerprint density at radius 2 is 1.67 bits per heavy atom. The third-order valence-corrected chi connectivity index (χ3v) is 16.2. The number of nitrogens with one attached hydrogen (secondary N) is 1. The van der Waals surface area contributed by atoms with Crippen molar-refractivity contribution in [1.82, 2.24) is 5.32 Å². The van der Waals surface area contributed by atoms with E-state index < -0.39 is 58.3 Å². The molecule has 4 N–H and O–H groups in total. The third-order valence-electron chi connectivity index (χ3n) is 16.2. The van der Waals surface area contributed by atoms with Gasteiger partial charge in [0.1, 0.15) is 18.2 Å². The number of fused-ring (bicyclic) bond motifs is 3. The molecule has 0 spiro atoms. The number of carbonyl (C=O) groups excluding carboxylic acids is 3. The van der Waals surface area contributed by atoms with Crippen molar-refractivity contribution in [2.75, 3.05) is 19.8 Å². The van der Waals surface area contributed by atoms with Crippen LogP contribution in [0.25, 0.3) is 0 Å². The van der Waals surface area contributed by atoms with Gasteiger partial charge >= 0.3 is 17.9 Å². The lowest BCUT2D eigenvalue weighted by Crippen LogP contribution is -2.70. The number of hydrogen-bond acceptors (Lipinski definition) is 8. The molecule has 1 amide bonds. The van der Waals surface area contributed by atoms with Crippen LogP contribution in [0.3, 0.4) is 0 Å². The summed E-state index contributed by atoms with van der Waals surface area (Å²) in [4.78, 5) is 52.2. The van der Waals surface area contributed by atoms with E-state index in [1.165, 1.54) is 12.5 Å². The van der Waals surface area contributed by atoms with Gasteiger partial charge in [-0.2, -0.15) is 0 Å². The van der Waals surface area contributed by atoms with Gasteiger partial charge in [-0.3, -0.25) is 19.2 Å². The lowest BCUT2D eigenvalue weighted by Gasteiger charge is -2.71. The van der Waals surface area contributed by atoms with Crippen molar-refractivity contribution < 1.29 is 38.5 Å². The Hall–Kier alpha value is -3.24. The zero-order valence-corrected chi connectivity index (χ0v) is 34.5. The van der Waals surface area contributed by atoms with Crippen molar-refractivity contribution in [1.29, 1.82) is 0 Å². The van der Waals surface area contributed by atoms with Crippen LogP contribution in [-0.2, 0) is 28.6 Å². The van der Waals surface area contributed by atoms with Crippen LogP contribution >= 0.6 is 0 Å². The van der Waals surface area contributed by atoms with Gasteiger partial charge in [-0.15, -0.1) is 0 Å². The number of nitrogens with two attached hydrogens (primary N) is 1. The molecule has 1 unspecified atom stereocenters. The highest BCUT2D eigenvalue weighted by Crippen LogP contribution is 2.75. The predicted molar refractivity (Wildman–Crippen MR) is 210 cm³/mol. The second-order valence-electron chi connectivity index (χ2n) is 19.3. The average molecular weight is 763 g/mol. The summed E-state index contributed by atoms with van der Waals surface area (Å²) >= 11 is 0. The third kappa shape index (κ3) is 6.85. The minimum absolute atomic E-state index is 0.114. The minimum Gasteiger partial charge on any atom is -0.481 e. The van der Waals surface area contributed by atoms with Crippen molar-refractivity contribution in [2.24, 2.45) is 62.4 Å². The van der Waals surface area contributed by atoms with Gasteiger partial charge in [-0.25, -0.2) is 0 Å². The number of unbranched alkanes of at least 4 members (excludes halogenated alkanes) is 1. The molecule has 55 heavy (non-hydrogen) atoms. The van der Waals surface area contributed by atoms with Gasteiger partial charge in [0.15, 0.2) is 0 Å². The van der Waals surface area contributed by atoms with E-state index in [1.807, 2.05) is 18.2 Å². The highest BCUT2D eigenvalue weighted by Gasteiger charge is 2.72. The second-order valence-corrected chi connectivity index (χ2v) is 19.3. The van der Waals surface area contributed by atoms with Gasteiger partial charge in [0.25, 0.3) is 5.91 Å². The second kappa shape index (κ2) is 15.3. The van der Waals surface area contributed by atoms with Crippen LogP contribution in [0.2, 0.25) is 0 Å². The van der Waals surface area contributed by atoms with E-state index in [0.717, 1.165) is 25.7 Å². The smallest absolute Gasteiger partial charge is 0.323 e. The number of allylic oxidation sites excluding steroid dienone is 1. The monoisotopic (exact) mass is 762 g/mol. The van der Waals surface area contributed by atoms with Gasteiger partial charge in [-0.05, 0) is 110 Å². The van der Waals surface area contributed by atoms with Crippen LogP contribution in [0.1, 0.15) is 124 Å². The molecule has 304 valence electrons. The topological polar surface area (TPSA) is 154 Å². The molecule has 0 aromatic heterocycles. The fourth-order valence-electron chi connectivity index (χ4n) is 12.8. The molecule has 4 aliphatic carbocycles. The lowest BCUT2D eigenvalue weighted by molar-refractivity contribution is -0.263. The van der Waals surface area contributed by atoms with E-state index >= 15 is 0 Å². The number of esters is 2. The largest absolute Gasteiger partial charge is 0.481 e. The zero-order chi connectivity index (χ0) is 40.1. The zero-order valence-electron chi connectivity index (χ0n) is 34.5. The van der Waals surface area contributed by atoms with Crippen molar-refractivity contribution in [3.8, 4) is 0 Å². The Labute approximate surface area is 328 Å². The van der Waals surface area contributed by atoms with Gasteiger partial charge in [0.05, 0.1) is 19.1 Å². The molecule has 1 aromatic rings. The summed E-state index contributed by atoms with van der Waals surface area (Å²) in [5.74, 6) is -1.36. The lowest BCUT2D eigenvalue weighted by atomic mass is 9.34. The van der Waals surface area contributed by atoms with E-state index in [9.17, 15) is 24.3 Å². The maximum Gasteiger partial charge on any atom is 0.323 e. The quantitative estimate of drug-likeness (QED) is 0.113. The van der Waals surface area contributed by atoms with E-state index in [2.05, 4.69) is 59.9 Å². The highest BCUT2D eigenvalue weighted by molar-refractivity contribution is 5.94. The minimum atomic E-state index is -0.866. The number of carboxylic acid groups (broad SMARTS) is 1. The normalized spacial score (nSPS) is 38.9. The summed E-state index contributed by atoms with van der Waals surface area (Å²) in [7, 11) is 0. The van der Waals surface area contributed by atoms with Crippen LogP contribution in [0.15, 0.2) is 42.0 Å². The maximum absolute atomic E-state index is 13.7. The Kier molecular flexibility index (Phi) is 11.5. The number of carbonyl (C=O) groups is 4. The van der Waals surface area contributed by atoms with Crippen LogP contribution in [0, 0.1) is 56.7 Å². The molecule has 10 heteroatoms. The number of benzene rings is 1. The molecule has 6 rings (SSSR count). The van der Waals surface area contributed by atoms with E-state index in [-0.39, 0.29) is 34.5 Å². The maximum atomic E-state index is 13.7. The van der Waals surface area contributed by atoms with Crippen molar-refractivity contribution >= 4 is 23.8 Å². The fraction of sp³-hybridized carbons (Fsp3) is 0.733. The average Bonchev–Trinajstić information content (AvgIpc) is 3.12. The number of ether oxygens (including phenoxy) is 3. The molecule has 1 aromatic carbocycles. The Morgan fingerprint density at radius 1 is 0.964 bits per heavy atom. The fourth-order valence-corrected chi connectivity index (χ4v) is 12.8. The van der Waals surface area contributed by atoms with Gasteiger partial charge in [-0.1, -0.05) is 78.3 Å². The highest BCUT2D eigenvalue weighted by atomic mass is 16.6. The predicted octanol–water partition coefficient (Wildman–Crippen LogP) is 7.35. The van der Waals surface area contributed by atoms with Crippen LogP contribution in [0.5, 0.6) is 0 Å². The summed E-state index contributed by atoms with van der Waals surface area (Å²) in [6.07, 6.45) is 7.38. The summed E-state index contributed by atoms with van der Waals surface area (Å²) in [6, 6.07) is 8.17. The number of rotatable bonds is 12. The van der Waals surface area contributed by atoms with E-state index in [1.54, 1.807) is 12.1 Å². The Bertz CT molecular complexity index is 1660. The SMILES string of the molecule is CC(=O)O[C@@H]1C[C@]23COC[C@](C)([C@@H]2CC[C@H]2C3=CC[C@@]3(C)[C@H](C(=O)O)[C@@](C)([C@H](C)C(C)C)CC[C@]23C)[C@H]1OC(=O)C(N)CCCCNC(=O)c1ccccc1. The van der Waals surface area contributed by atoms with Gasteiger partial charge in [0, 0.05) is 29.9 Å². The van der Waals surface area contributed by atoms with E-state index in [4.69, 9.17) is 19.9 Å². The first kappa shape index (κ1) is 41.4. The first-order chi connectivity index (χ1) is 25.9. The van der Waals surface area contributed by atoms with Gasteiger partial charge < -0.3 is 30.4 Å². The first-order valence-corrected chi connectivity index (χ1v) is 20.8. The molecule has 2 bridgehead atoms. The van der Waals surface area contributed by atoms with E-state index in [0.29, 0.717) is 63.3 Å². The first-order valence-electron chi connectivity index (χ1n) is 20.8. The summed E-state index contributed by atoms with van der Waals surface area (Å²) < 4.78 is 19.0. The molecule has 5 aliphatic rings. The van der Waals surface area contributed by atoms with Crippen molar-refractivity contribution in [2.45, 2.75) is 131 Å². The van der Waals surface area contributed by atoms with Crippen molar-refractivity contribution in [3.63, 3.8) is 0 Å². The molecule has 1 heterocycles. The summed E-state index contributed by atoms with van der Waals surface area (Å²) in [5.41, 5.74) is 6.27. The molecule has 3 saturated carbocycles. The molecule has 1 aliphatic heterocycles. The molecule has 4 fully saturated rings. The number of amides is 1. The Morgan fingerprint density at radius 3 is 2.33 bits per heavy atom. The Balaban J connectivity index is 1.22. The van der Waals surface area contributed by atoms with Crippen LogP contribution < -0.4 is 11.1 Å². The van der Waals surface area contributed by atoms with Crippen LogP contribution in [-0.4, -0.2) is 66.9 Å². The molecule has 10 nitrogen and oxygen atoms in total.